The molecule has 0 fully saturated rings. The molecule has 1 aromatic heterocycles. The average molecular weight is 225 g/mol. The van der Waals surface area contributed by atoms with Crippen LogP contribution in [-0.4, -0.2) is 23.2 Å². The zero-order chi connectivity index (χ0) is 10.7. The first-order valence-corrected chi connectivity index (χ1v) is 5.27. The van der Waals surface area contributed by atoms with Gasteiger partial charge in [-0.2, -0.15) is 0 Å². The smallest absolute Gasteiger partial charge is 0.0705 e. The quantitative estimate of drug-likeness (QED) is 0.695. The maximum absolute atomic E-state index is 8.65. The Morgan fingerprint density at radius 1 is 1.33 bits per heavy atom. The minimum atomic E-state index is 0.137. The zero-order valence-corrected chi connectivity index (χ0v) is 9.01. The van der Waals surface area contributed by atoms with Gasteiger partial charge in [-0.1, -0.05) is 29.8 Å². The maximum Gasteiger partial charge on any atom is 0.0705 e. The third-order valence-corrected chi connectivity index (χ3v) is 2.74. The van der Waals surface area contributed by atoms with Gasteiger partial charge in [0.25, 0.3) is 0 Å². The molecule has 0 atom stereocenters. The van der Waals surface area contributed by atoms with E-state index in [2.05, 4.69) is 10.3 Å². The molecule has 2 aromatic rings. The van der Waals surface area contributed by atoms with Crippen LogP contribution >= 0.6 is 11.6 Å². The van der Waals surface area contributed by atoms with Crippen LogP contribution in [-0.2, 0) is 6.54 Å². The molecule has 3 N–H and O–H groups in total. The Labute approximate surface area is 93.1 Å². The number of aromatic nitrogens is 1. The predicted octanol–water partition coefficient (Wildman–Crippen LogP) is 1.90. The lowest BCUT2D eigenvalue weighted by atomic mass is 10.2. The number of hydrogen-bond acceptors (Lipinski definition) is 2. The topological polar surface area (TPSA) is 48.0 Å². The Bertz CT molecular complexity index is 453. The summed E-state index contributed by atoms with van der Waals surface area (Å²) in [6, 6.07) is 7.92. The van der Waals surface area contributed by atoms with Crippen molar-refractivity contribution >= 4 is 22.5 Å². The van der Waals surface area contributed by atoms with E-state index in [4.69, 9.17) is 16.7 Å². The van der Waals surface area contributed by atoms with Crippen molar-refractivity contribution in [2.45, 2.75) is 6.54 Å². The Morgan fingerprint density at radius 3 is 2.87 bits per heavy atom. The minimum Gasteiger partial charge on any atom is -0.395 e. The van der Waals surface area contributed by atoms with E-state index in [1.54, 1.807) is 0 Å². The number of rotatable bonds is 4. The number of benzene rings is 1. The van der Waals surface area contributed by atoms with Gasteiger partial charge in [0, 0.05) is 29.7 Å². The average Bonchev–Trinajstić information content (AvgIpc) is 2.57. The van der Waals surface area contributed by atoms with E-state index in [1.165, 1.54) is 0 Å². The summed E-state index contributed by atoms with van der Waals surface area (Å²) in [5.74, 6) is 0. The standard InChI is InChI=1S/C11H13ClN2O/c12-11-8-3-1-2-4-9(8)14-10(11)7-13-5-6-15/h1-4,13-15H,5-7H2. The van der Waals surface area contributed by atoms with Gasteiger partial charge < -0.3 is 15.4 Å². The molecule has 0 unspecified atom stereocenters. The van der Waals surface area contributed by atoms with Crippen LogP contribution in [0.2, 0.25) is 5.02 Å². The van der Waals surface area contributed by atoms with Gasteiger partial charge in [0.15, 0.2) is 0 Å². The summed E-state index contributed by atoms with van der Waals surface area (Å²) in [6.07, 6.45) is 0. The number of H-pyrrole nitrogens is 1. The third kappa shape index (κ3) is 2.15. The monoisotopic (exact) mass is 224 g/mol. The summed E-state index contributed by atoms with van der Waals surface area (Å²) in [6.45, 7) is 1.36. The van der Waals surface area contributed by atoms with Gasteiger partial charge in [0.1, 0.15) is 0 Å². The zero-order valence-electron chi connectivity index (χ0n) is 8.26. The number of aromatic amines is 1. The molecule has 1 aromatic carbocycles. The van der Waals surface area contributed by atoms with Crippen molar-refractivity contribution in [1.82, 2.24) is 10.3 Å². The molecule has 0 bridgehead atoms. The Balaban J connectivity index is 2.24. The van der Waals surface area contributed by atoms with Crippen molar-refractivity contribution in [3.63, 3.8) is 0 Å². The number of hydrogen-bond donors (Lipinski definition) is 3. The summed E-state index contributed by atoms with van der Waals surface area (Å²) in [5, 5.41) is 13.5. The highest BCUT2D eigenvalue weighted by Gasteiger charge is 2.07. The lowest BCUT2D eigenvalue weighted by molar-refractivity contribution is 0.292. The van der Waals surface area contributed by atoms with Crippen LogP contribution in [0.4, 0.5) is 0 Å². The van der Waals surface area contributed by atoms with Crippen molar-refractivity contribution in [3.05, 3.63) is 35.0 Å². The maximum atomic E-state index is 8.65. The molecule has 2 rings (SSSR count). The van der Waals surface area contributed by atoms with E-state index >= 15 is 0 Å². The summed E-state index contributed by atoms with van der Waals surface area (Å²) in [4.78, 5) is 3.25. The molecule has 0 saturated heterocycles. The van der Waals surface area contributed by atoms with Gasteiger partial charge in [0.2, 0.25) is 0 Å². The fourth-order valence-corrected chi connectivity index (χ4v) is 1.86. The second-order valence-corrected chi connectivity index (χ2v) is 3.74. The number of aliphatic hydroxyl groups is 1. The van der Waals surface area contributed by atoms with Crippen LogP contribution in [0, 0.1) is 0 Å². The Kier molecular flexibility index (Phi) is 3.26. The van der Waals surface area contributed by atoms with E-state index in [-0.39, 0.29) is 6.61 Å². The molecular weight excluding hydrogens is 212 g/mol. The molecule has 0 saturated carbocycles. The highest BCUT2D eigenvalue weighted by Crippen LogP contribution is 2.26. The first-order valence-electron chi connectivity index (χ1n) is 4.89. The predicted molar refractivity (Wildman–Crippen MR) is 62.1 cm³/mol. The Hall–Kier alpha value is -1.03. The van der Waals surface area contributed by atoms with Crippen molar-refractivity contribution in [1.29, 1.82) is 0 Å². The molecule has 0 aliphatic heterocycles. The minimum absolute atomic E-state index is 0.137. The fraction of sp³-hybridized carbons (Fsp3) is 0.273. The number of nitrogens with one attached hydrogen (secondary N) is 2. The van der Waals surface area contributed by atoms with Crippen LogP contribution in [0.3, 0.4) is 0 Å². The van der Waals surface area contributed by atoms with E-state index in [0.29, 0.717) is 13.1 Å². The van der Waals surface area contributed by atoms with Crippen molar-refractivity contribution in [3.8, 4) is 0 Å². The largest absolute Gasteiger partial charge is 0.395 e. The van der Waals surface area contributed by atoms with Gasteiger partial charge in [-0.15, -0.1) is 0 Å². The van der Waals surface area contributed by atoms with E-state index < -0.39 is 0 Å². The van der Waals surface area contributed by atoms with Crippen molar-refractivity contribution in [2.75, 3.05) is 13.2 Å². The van der Waals surface area contributed by atoms with Crippen LogP contribution < -0.4 is 5.32 Å². The normalized spacial score (nSPS) is 11.1. The van der Waals surface area contributed by atoms with Gasteiger partial charge in [-0.25, -0.2) is 0 Å². The molecular formula is C11H13ClN2O. The molecule has 3 nitrogen and oxygen atoms in total. The molecule has 1 heterocycles. The molecule has 4 heteroatoms. The lowest BCUT2D eigenvalue weighted by Gasteiger charge is -2.00. The van der Waals surface area contributed by atoms with Gasteiger partial charge in [-0.3, -0.25) is 0 Å². The molecule has 0 amide bonds. The summed E-state index contributed by atoms with van der Waals surface area (Å²) >= 11 is 6.20. The lowest BCUT2D eigenvalue weighted by Crippen LogP contribution is -2.17. The molecule has 80 valence electrons. The third-order valence-electron chi connectivity index (χ3n) is 2.30. The molecule has 0 aliphatic carbocycles. The number of halogens is 1. The second-order valence-electron chi connectivity index (χ2n) is 3.36. The van der Waals surface area contributed by atoms with Crippen LogP contribution in [0.15, 0.2) is 24.3 Å². The van der Waals surface area contributed by atoms with E-state index in [1.807, 2.05) is 24.3 Å². The van der Waals surface area contributed by atoms with Crippen molar-refractivity contribution in [2.24, 2.45) is 0 Å². The van der Waals surface area contributed by atoms with E-state index in [9.17, 15) is 0 Å². The van der Waals surface area contributed by atoms with Gasteiger partial charge in [-0.05, 0) is 6.07 Å². The van der Waals surface area contributed by atoms with E-state index in [0.717, 1.165) is 21.6 Å². The van der Waals surface area contributed by atoms with Crippen LogP contribution in [0.5, 0.6) is 0 Å². The first-order chi connectivity index (χ1) is 7.33. The number of aliphatic hydroxyl groups excluding tert-OH is 1. The molecule has 0 radical (unpaired) electrons. The Morgan fingerprint density at radius 2 is 2.13 bits per heavy atom. The van der Waals surface area contributed by atoms with Gasteiger partial charge >= 0.3 is 0 Å². The fourth-order valence-electron chi connectivity index (χ4n) is 1.58. The number of para-hydroxylation sites is 1. The van der Waals surface area contributed by atoms with Crippen molar-refractivity contribution < 1.29 is 5.11 Å². The summed E-state index contributed by atoms with van der Waals surface area (Å²) < 4.78 is 0. The highest BCUT2D eigenvalue weighted by molar-refractivity contribution is 6.36. The second kappa shape index (κ2) is 4.66. The van der Waals surface area contributed by atoms with Gasteiger partial charge in [0.05, 0.1) is 11.6 Å². The summed E-state index contributed by atoms with van der Waals surface area (Å²) in [5.41, 5.74) is 2.01. The molecule has 0 aliphatic rings. The first kappa shape index (κ1) is 10.5. The highest BCUT2D eigenvalue weighted by atomic mass is 35.5. The molecule has 15 heavy (non-hydrogen) atoms. The summed E-state index contributed by atoms with van der Waals surface area (Å²) in [7, 11) is 0. The molecule has 0 spiro atoms. The van der Waals surface area contributed by atoms with Crippen LogP contribution in [0.1, 0.15) is 5.69 Å². The van der Waals surface area contributed by atoms with Crippen LogP contribution in [0.25, 0.3) is 10.9 Å². The number of fused-ring (bicyclic) bond motifs is 1. The SMILES string of the molecule is OCCNCc1[nH]c2ccccc2c1Cl.